The van der Waals surface area contributed by atoms with Crippen molar-refractivity contribution in [3.05, 3.63) is 58.7 Å². The maximum Gasteiger partial charge on any atom is 0.312 e. The van der Waals surface area contributed by atoms with Gasteiger partial charge in [0.25, 0.3) is 5.91 Å². The zero-order valence-corrected chi connectivity index (χ0v) is 15.0. The Balaban J connectivity index is 1.61. The lowest BCUT2D eigenvalue weighted by Crippen LogP contribution is -2.30. The fourth-order valence-electron chi connectivity index (χ4n) is 2.47. The van der Waals surface area contributed by atoms with Gasteiger partial charge in [-0.25, -0.2) is 0 Å². The van der Waals surface area contributed by atoms with Gasteiger partial charge >= 0.3 is 5.97 Å². The number of hydrogen-bond donors (Lipinski definition) is 1. The molecule has 1 N–H and O–H groups in total. The first kappa shape index (κ1) is 17.9. The van der Waals surface area contributed by atoms with Gasteiger partial charge in [0.05, 0.1) is 6.42 Å². The Morgan fingerprint density at radius 1 is 1.23 bits per heavy atom. The summed E-state index contributed by atoms with van der Waals surface area (Å²) in [6, 6.07) is 12.4. The molecule has 2 aromatic carbocycles. The third-order valence-electron chi connectivity index (χ3n) is 3.97. The summed E-state index contributed by atoms with van der Waals surface area (Å²) in [6.07, 6.45) is -1.04. The quantitative estimate of drug-likeness (QED) is 0.687. The van der Waals surface area contributed by atoms with Gasteiger partial charge in [0, 0.05) is 16.1 Å². The van der Waals surface area contributed by atoms with Gasteiger partial charge < -0.3 is 14.6 Å². The molecule has 0 aliphatic carbocycles. The van der Waals surface area contributed by atoms with Gasteiger partial charge in [-0.3, -0.25) is 9.59 Å². The molecule has 0 aliphatic heterocycles. The summed E-state index contributed by atoms with van der Waals surface area (Å²) in [5.74, 6) is -0.997. The summed E-state index contributed by atoms with van der Waals surface area (Å²) in [5.41, 5.74) is 2.39. The molecule has 1 amide bonds. The number of carbonyl (C=O) groups excluding carboxylic acids is 2. The normalized spacial score (nSPS) is 12.0. The van der Waals surface area contributed by atoms with Crippen LogP contribution >= 0.6 is 11.6 Å². The Labute approximate surface area is 155 Å². The molecule has 0 bridgehead atoms. The molecular weight excluding hydrogens is 356 g/mol. The molecule has 0 spiro atoms. The van der Waals surface area contributed by atoms with Crippen molar-refractivity contribution in [3.8, 4) is 0 Å². The zero-order valence-electron chi connectivity index (χ0n) is 14.3. The van der Waals surface area contributed by atoms with Crippen molar-refractivity contribution in [2.24, 2.45) is 0 Å². The number of para-hydroxylation sites is 1. The third-order valence-corrected chi connectivity index (χ3v) is 4.38. The molecule has 0 aliphatic rings. The van der Waals surface area contributed by atoms with E-state index in [9.17, 15) is 9.59 Å². The number of benzene rings is 2. The highest BCUT2D eigenvalue weighted by Gasteiger charge is 2.20. The predicted molar refractivity (Wildman–Crippen MR) is 98.1 cm³/mol. The van der Waals surface area contributed by atoms with Crippen LogP contribution < -0.4 is 5.32 Å². The van der Waals surface area contributed by atoms with Crippen molar-refractivity contribution in [1.29, 1.82) is 0 Å². The first-order chi connectivity index (χ1) is 12.5. The summed E-state index contributed by atoms with van der Waals surface area (Å²) in [5, 5.41) is 7.89. The van der Waals surface area contributed by atoms with Crippen LogP contribution in [0.4, 0.5) is 5.69 Å². The van der Waals surface area contributed by atoms with Crippen molar-refractivity contribution < 1.29 is 18.8 Å². The summed E-state index contributed by atoms with van der Waals surface area (Å²) in [6.45, 7) is 3.30. The van der Waals surface area contributed by atoms with E-state index in [2.05, 4.69) is 10.5 Å². The van der Waals surface area contributed by atoms with Crippen LogP contribution in [0, 0.1) is 6.92 Å². The fraction of sp³-hybridized carbons (Fsp3) is 0.211. The van der Waals surface area contributed by atoms with Gasteiger partial charge in [0.15, 0.2) is 11.7 Å². The molecule has 1 aromatic heterocycles. The van der Waals surface area contributed by atoms with Crippen molar-refractivity contribution in [2.75, 3.05) is 5.32 Å². The van der Waals surface area contributed by atoms with Gasteiger partial charge in [-0.2, -0.15) is 0 Å². The van der Waals surface area contributed by atoms with E-state index >= 15 is 0 Å². The van der Waals surface area contributed by atoms with Gasteiger partial charge in [0.1, 0.15) is 5.69 Å². The van der Waals surface area contributed by atoms with E-state index in [1.54, 1.807) is 31.2 Å². The number of rotatable bonds is 5. The Morgan fingerprint density at radius 2 is 2.00 bits per heavy atom. The summed E-state index contributed by atoms with van der Waals surface area (Å²) < 4.78 is 10.4. The topological polar surface area (TPSA) is 81.4 Å². The number of nitrogens with one attached hydrogen (secondary N) is 1. The van der Waals surface area contributed by atoms with Gasteiger partial charge in [0.2, 0.25) is 0 Å². The zero-order chi connectivity index (χ0) is 18.7. The molecule has 0 radical (unpaired) electrons. The maximum absolute atomic E-state index is 12.3. The number of anilines is 1. The van der Waals surface area contributed by atoms with Crippen molar-refractivity contribution >= 4 is 40.1 Å². The standard InChI is InChI=1S/C19H17ClN2O4/c1-11-14(20)7-5-8-15(11)21-19(24)12(2)25-18(23)10-16-13-6-3-4-9-17(13)26-22-16/h3-9,12H,10H2,1-2H3,(H,21,24)/t12-/m0/s1. The predicted octanol–water partition coefficient (Wildman–Crippen LogP) is 3.90. The highest BCUT2D eigenvalue weighted by Crippen LogP contribution is 2.23. The molecular formula is C19H17ClN2O4. The van der Waals surface area contributed by atoms with E-state index < -0.39 is 18.0 Å². The second-order valence-electron chi connectivity index (χ2n) is 5.84. The molecule has 0 unspecified atom stereocenters. The third kappa shape index (κ3) is 3.86. The smallest absolute Gasteiger partial charge is 0.312 e. The van der Waals surface area contributed by atoms with Gasteiger partial charge in [-0.15, -0.1) is 0 Å². The lowest BCUT2D eigenvalue weighted by atomic mass is 10.2. The average molecular weight is 373 g/mol. The second-order valence-corrected chi connectivity index (χ2v) is 6.24. The van der Waals surface area contributed by atoms with E-state index in [4.69, 9.17) is 20.9 Å². The Hall–Kier alpha value is -2.86. The molecule has 3 aromatic rings. The first-order valence-electron chi connectivity index (χ1n) is 8.04. The fourth-order valence-corrected chi connectivity index (χ4v) is 2.65. The van der Waals surface area contributed by atoms with Crippen LogP contribution in [0.15, 0.2) is 47.0 Å². The first-order valence-corrected chi connectivity index (χ1v) is 8.42. The Bertz CT molecular complexity index is 967. The summed E-state index contributed by atoms with van der Waals surface area (Å²) in [7, 11) is 0. The molecule has 7 heteroatoms. The molecule has 3 rings (SSSR count). The summed E-state index contributed by atoms with van der Waals surface area (Å²) >= 11 is 6.04. The number of esters is 1. The van der Waals surface area contributed by atoms with Gasteiger partial charge in [-0.1, -0.05) is 35.0 Å². The lowest BCUT2D eigenvalue weighted by Gasteiger charge is -2.15. The van der Waals surface area contributed by atoms with Crippen LogP contribution in [0.25, 0.3) is 11.0 Å². The number of fused-ring (bicyclic) bond motifs is 1. The van der Waals surface area contributed by atoms with E-state index in [-0.39, 0.29) is 6.42 Å². The van der Waals surface area contributed by atoms with Crippen LogP contribution in [0.2, 0.25) is 5.02 Å². The van der Waals surface area contributed by atoms with E-state index in [1.165, 1.54) is 6.92 Å². The van der Waals surface area contributed by atoms with Gasteiger partial charge in [-0.05, 0) is 43.7 Å². The SMILES string of the molecule is Cc1c(Cl)cccc1NC(=O)[C@H](C)OC(=O)Cc1noc2ccccc12. The number of carbonyl (C=O) groups is 2. The number of aromatic nitrogens is 1. The van der Waals surface area contributed by atoms with Crippen LogP contribution in [0.1, 0.15) is 18.2 Å². The minimum absolute atomic E-state index is 0.0785. The molecule has 6 nitrogen and oxygen atoms in total. The van der Waals surface area contributed by atoms with Crippen molar-refractivity contribution in [1.82, 2.24) is 5.16 Å². The number of ether oxygens (including phenoxy) is 1. The van der Waals surface area contributed by atoms with Crippen LogP contribution in [0.5, 0.6) is 0 Å². The minimum atomic E-state index is -0.959. The van der Waals surface area contributed by atoms with Crippen LogP contribution in [0.3, 0.4) is 0 Å². The highest BCUT2D eigenvalue weighted by molar-refractivity contribution is 6.31. The molecule has 0 fully saturated rings. The van der Waals surface area contributed by atoms with Crippen molar-refractivity contribution in [3.63, 3.8) is 0 Å². The maximum atomic E-state index is 12.3. The molecule has 26 heavy (non-hydrogen) atoms. The molecule has 134 valence electrons. The largest absolute Gasteiger partial charge is 0.452 e. The summed E-state index contributed by atoms with van der Waals surface area (Å²) in [4.78, 5) is 24.4. The number of hydrogen-bond acceptors (Lipinski definition) is 5. The van der Waals surface area contributed by atoms with Crippen molar-refractivity contribution in [2.45, 2.75) is 26.4 Å². The van der Waals surface area contributed by atoms with E-state index in [0.29, 0.717) is 22.0 Å². The van der Waals surface area contributed by atoms with E-state index in [1.807, 2.05) is 18.2 Å². The number of nitrogens with zero attached hydrogens (tertiary/aromatic N) is 1. The highest BCUT2D eigenvalue weighted by atomic mass is 35.5. The average Bonchev–Trinajstić information content (AvgIpc) is 3.02. The van der Waals surface area contributed by atoms with Crippen LogP contribution in [-0.2, 0) is 20.7 Å². The molecule has 1 heterocycles. The lowest BCUT2D eigenvalue weighted by molar-refractivity contribution is -0.152. The second kappa shape index (κ2) is 7.58. The number of amides is 1. The molecule has 0 saturated carbocycles. The Morgan fingerprint density at radius 3 is 2.81 bits per heavy atom. The minimum Gasteiger partial charge on any atom is -0.452 e. The van der Waals surface area contributed by atoms with Crippen LogP contribution in [-0.4, -0.2) is 23.1 Å². The van der Waals surface area contributed by atoms with E-state index in [0.717, 1.165) is 10.9 Å². The molecule has 1 atom stereocenters. The molecule has 0 saturated heterocycles. The monoisotopic (exact) mass is 372 g/mol. The number of halogens is 1. The Kier molecular flexibility index (Phi) is 5.23.